The Bertz CT molecular complexity index is 550. The molecule has 0 aliphatic carbocycles. The number of nitrogens with zero attached hydrogens (tertiary/aromatic N) is 2. The average molecular weight is 281 g/mol. The summed E-state index contributed by atoms with van der Waals surface area (Å²) in [5.74, 6) is -1.67. The van der Waals surface area contributed by atoms with Crippen LogP contribution in [-0.4, -0.2) is 23.4 Å². The largest absolute Gasteiger partial charge is 0.369 e. The van der Waals surface area contributed by atoms with Gasteiger partial charge in [0.05, 0.1) is 10.8 Å². The molecule has 1 aromatic carbocycles. The van der Waals surface area contributed by atoms with Crippen LogP contribution >= 0.6 is 0 Å². The minimum absolute atomic E-state index is 0.00824. The highest BCUT2D eigenvalue weighted by Crippen LogP contribution is 2.35. The van der Waals surface area contributed by atoms with Gasteiger partial charge in [-0.15, -0.1) is 0 Å². The highest BCUT2D eigenvalue weighted by molar-refractivity contribution is 5.78. The van der Waals surface area contributed by atoms with Crippen LogP contribution in [0.5, 0.6) is 0 Å². The Kier molecular flexibility index (Phi) is 3.87. The molecule has 6 nitrogen and oxygen atoms in total. The molecule has 1 aliphatic rings. The minimum atomic E-state index is -0.874. The van der Waals surface area contributed by atoms with Gasteiger partial charge in [-0.3, -0.25) is 14.9 Å². The van der Waals surface area contributed by atoms with Crippen LogP contribution in [0.15, 0.2) is 18.2 Å². The van der Waals surface area contributed by atoms with Crippen molar-refractivity contribution in [3.63, 3.8) is 0 Å². The molecule has 0 saturated carbocycles. The maximum Gasteiger partial charge on any atom is 0.327 e. The van der Waals surface area contributed by atoms with Crippen LogP contribution in [0.1, 0.15) is 19.8 Å². The lowest BCUT2D eigenvalue weighted by Gasteiger charge is -2.38. The van der Waals surface area contributed by atoms with E-state index < -0.39 is 22.3 Å². The molecule has 1 saturated heterocycles. The Morgan fingerprint density at radius 2 is 2.20 bits per heavy atom. The summed E-state index contributed by atoms with van der Waals surface area (Å²) < 4.78 is 13.7. The Balaban J connectivity index is 2.41. The number of rotatable bonds is 3. The molecule has 108 valence electrons. The molecular weight excluding hydrogens is 265 g/mol. The van der Waals surface area contributed by atoms with E-state index in [0.717, 1.165) is 6.07 Å². The number of hydrogen-bond acceptors (Lipinski definition) is 4. The average Bonchev–Trinajstić information content (AvgIpc) is 2.38. The van der Waals surface area contributed by atoms with Crippen molar-refractivity contribution >= 4 is 17.3 Å². The number of nitro benzene ring substituents is 1. The van der Waals surface area contributed by atoms with Gasteiger partial charge in [0.15, 0.2) is 0 Å². The van der Waals surface area contributed by atoms with Gasteiger partial charge in [0, 0.05) is 12.6 Å². The molecule has 0 bridgehead atoms. The highest BCUT2D eigenvalue weighted by Gasteiger charge is 2.33. The van der Waals surface area contributed by atoms with E-state index in [2.05, 4.69) is 0 Å². The van der Waals surface area contributed by atoms with Gasteiger partial charge in [0.1, 0.15) is 5.69 Å². The number of primary amides is 1. The van der Waals surface area contributed by atoms with Crippen molar-refractivity contribution < 1.29 is 14.1 Å². The van der Waals surface area contributed by atoms with E-state index >= 15 is 0 Å². The number of carbonyl (C=O) groups is 1. The maximum absolute atomic E-state index is 13.7. The topological polar surface area (TPSA) is 89.5 Å². The third kappa shape index (κ3) is 2.56. The van der Waals surface area contributed by atoms with E-state index in [4.69, 9.17) is 5.73 Å². The van der Waals surface area contributed by atoms with E-state index in [1.807, 2.05) is 6.92 Å². The van der Waals surface area contributed by atoms with Crippen LogP contribution in [0.3, 0.4) is 0 Å². The Hall–Kier alpha value is -2.18. The van der Waals surface area contributed by atoms with Gasteiger partial charge in [-0.25, -0.2) is 0 Å². The Labute approximate surface area is 115 Å². The lowest BCUT2D eigenvalue weighted by Crippen LogP contribution is -2.46. The maximum atomic E-state index is 13.7. The number of piperidine rings is 1. The fourth-order valence-corrected chi connectivity index (χ4v) is 2.59. The molecule has 2 rings (SSSR count). The number of benzene rings is 1. The molecule has 0 aromatic heterocycles. The van der Waals surface area contributed by atoms with E-state index in [0.29, 0.717) is 12.8 Å². The summed E-state index contributed by atoms with van der Waals surface area (Å²) in [6.45, 7) is 2.17. The third-order valence-corrected chi connectivity index (χ3v) is 3.74. The molecule has 2 N–H and O–H groups in total. The second kappa shape index (κ2) is 5.44. The molecule has 1 amide bonds. The normalized spacial score (nSPS) is 22.6. The summed E-state index contributed by atoms with van der Waals surface area (Å²) in [6.07, 6.45) is 1.33. The van der Waals surface area contributed by atoms with Crippen LogP contribution < -0.4 is 10.6 Å². The van der Waals surface area contributed by atoms with Crippen LogP contribution in [0.2, 0.25) is 0 Å². The predicted octanol–water partition coefficient (Wildman–Crippen LogP) is 1.82. The first-order chi connectivity index (χ1) is 9.41. The summed E-state index contributed by atoms with van der Waals surface area (Å²) in [5.41, 5.74) is 4.96. The molecule has 1 heterocycles. The smallest absolute Gasteiger partial charge is 0.327 e. The van der Waals surface area contributed by atoms with Crippen molar-refractivity contribution in [3.8, 4) is 0 Å². The molecule has 1 aliphatic heterocycles. The van der Waals surface area contributed by atoms with Crippen LogP contribution in [-0.2, 0) is 4.79 Å². The molecule has 20 heavy (non-hydrogen) atoms. The van der Waals surface area contributed by atoms with Crippen molar-refractivity contribution in [1.29, 1.82) is 0 Å². The number of amides is 1. The van der Waals surface area contributed by atoms with E-state index in [1.165, 1.54) is 12.1 Å². The summed E-state index contributed by atoms with van der Waals surface area (Å²) in [5, 5.41) is 11.1. The van der Waals surface area contributed by atoms with Gasteiger partial charge < -0.3 is 10.6 Å². The second-order valence-electron chi connectivity index (χ2n) is 5.04. The number of nitrogens with two attached hydrogens (primary N) is 1. The first-order valence-corrected chi connectivity index (χ1v) is 6.40. The third-order valence-electron chi connectivity index (χ3n) is 3.74. The lowest BCUT2D eigenvalue weighted by atomic mass is 9.92. The number of halogens is 1. The van der Waals surface area contributed by atoms with E-state index in [1.54, 1.807) is 4.90 Å². The monoisotopic (exact) mass is 281 g/mol. The summed E-state index contributed by atoms with van der Waals surface area (Å²) in [7, 11) is 0. The highest BCUT2D eigenvalue weighted by atomic mass is 19.1. The predicted molar refractivity (Wildman–Crippen MR) is 71.8 cm³/mol. The minimum Gasteiger partial charge on any atom is -0.369 e. The van der Waals surface area contributed by atoms with Gasteiger partial charge in [-0.1, -0.05) is 6.07 Å². The molecular formula is C13H16FN3O3. The van der Waals surface area contributed by atoms with Gasteiger partial charge in [-0.05, 0) is 31.9 Å². The fourth-order valence-electron chi connectivity index (χ4n) is 2.59. The van der Waals surface area contributed by atoms with Crippen molar-refractivity contribution in [1.82, 2.24) is 0 Å². The first-order valence-electron chi connectivity index (χ1n) is 6.40. The van der Waals surface area contributed by atoms with Gasteiger partial charge >= 0.3 is 5.69 Å². The van der Waals surface area contributed by atoms with Crippen LogP contribution in [0.25, 0.3) is 0 Å². The number of nitro groups is 1. The first kappa shape index (κ1) is 14.2. The second-order valence-corrected chi connectivity index (χ2v) is 5.04. The molecule has 0 radical (unpaired) electrons. The number of hydrogen-bond donors (Lipinski definition) is 1. The van der Waals surface area contributed by atoms with Gasteiger partial charge in [-0.2, -0.15) is 4.39 Å². The van der Waals surface area contributed by atoms with Crippen LogP contribution in [0, 0.1) is 21.8 Å². The van der Waals surface area contributed by atoms with Gasteiger partial charge in [0.25, 0.3) is 0 Å². The molecule has 2 atom stereocenters. The Morgan fingerprint density at radius 3 is 2.80 bits per heavy atom. The molecule has 2 unspecified atom stereocenters. The number of para-hydroxylation sites is 1. The molecule has 7 heteroatoms. The zero-order valence-corrected chi connectivity index (χ0v) is 11.1. The quantitative estimate of drug-likeness (QED) is 0.676. The van der Waals surface area contributed by atoms with Crippen LogP contribution in [0.4, 0.5) is 15.8 Å². The molecule has 1 aromatic rings. The van der Waals surface area contributed by atoms with Crippen molar-refractivity contribution in [2.75, 3.05) is 11.4 Å². The summed E-state index contributed by atoms with van der Waals surface area (Å²) in [6, 6.07) is 3.98. The summed E-state index contributed by atoms with van der Waals surface area (Å²) >= 11 is 0. The van der Waals surface area contributed by atoms with E-state index in [9.17, 15) is 19.3 Å². The SMILES string of the molecule is CC1CCC(C(N)=O)CN1c1cccc(F)c1[N+](=O)[O-]. The number of anilines is 1. The summed E-state index contributed by atoms with van der Waals surface area (Å²) in [4.78, 5) is 23.3. The molecule has 0 spiro atoms. The van der Waals surface area contributed by atoms with E-state index in [-0.39, 0.29) is 24.2 Å². The van der Waals surface area contributed by atoms with Crippen molar-refractivity contribution in [2.45, 2.75) is 25.8 Å². The van der Waals surface area contributed by atoms with Gasteiger partial charge in [0.2, 0.25) is 11.7 Å². The standard InChI is InChI=1S/C13H16FN3O3/c1-8-5-6-9(13(15)18)7-16(8)11-4-2-3-10(14)12(11)17(19)20/h2-4,8-9H,5-7H2,1H3,(H2,15,18). The fraction of sp³-hybridized carbons (Fsp3) is 0.462. The zero-order valence-electron chi connectivity index (χ0n) is 11.1. The molecule has 1 fully saturated rings. The zero-order chi connectivity index (χ0) is 14.9. The number of carbonyl (C=O) groups excluding carboxylic acids is 1. The Morgan fingerprint density at radius 1 is 1.50 bits per heavy atom. The van der Waals surface area contributed by atoms with Crippen molar-refractivity contribution in [2.24, 2.45) is 11.7 Å². The van der Waals surface area contributed by atoms with Crippen molar-refractivity contribution in [3.05, 3.63) is 34.1 Å². The lowest BCUT2D eigenvalue weighted by molar-refractivity contribution is -0.386.